The second kappa shape index (κ2) is 7.99. The monoisotopic (exact) mass is 488 g/mol. The molecule has 1 atom stereocenters. The summed E-state index contributed by atoms with van der Waals surface area (Å²) in [6.07, 6.45) is 6.46. The third-order valence-electron chi connectivity index (χ3n) is 7.47. The number of aromatic nitrogens is 3. The van der Waals surface area contributed by atoms with Gasteiger partial charge in [0.2, 0.25) is 0 Å². The van der Waals surface area contributed by atoms with Gasteiger partial charge in [0.1, 0.15) is 18.0 Å². The molecule has 8 heteroatoms. The van der Waals surface area contributed by atoms with E-state index < -0.39 is 0 Å². The van der Waals surface area contributed by atoms with Crippen molar-refractivity contribution in [3.63, 3.8) is 0 Å². The highest BCUT2D eigenvalue weighted by molar-refractivity contribution is 6.43. The number of anilines is 1. The van der Waals surface area contributed by atoms with Gasteiger partial charge in [0.05, 0.1) is 15.7 Å². The first kappa shape index (κ1) is 21.4. The summed E-state index contributed by atoms with van der Waals surface area (Å²) in [5.41, 5.74) is 11.8. The predicted molar refractivity (Wildman–Crippen MR) is 134 cm³/mol. The molecule has 2 aromatic carbocycles. The van der Waals surface area contributed by atoms with E-state index in [1.165, 1.54) is 11.1 Å². The lowest BCUT2D eigenvalue weighted by molar-refractivity contribution is 0.187. The number of piperidine rings is 1. The quantitative estimate of drug-likeness (QED) is 0.407. The van der Waals surface area contributed by atoms with Gasteiger partial charge in [-0.1, -0.05) is 59.6 Å². The number of hydrogen-bond acceptors (Lipinski definition) is 5. The minimum atomic E-state index is 0.0500. The molecule has 1 spiro atoms. The topological polar surface area (TPSA) is 83.2 Å². The lowest BCUT2D eigenvalue weighted by Gasteiger charge is -2.42. The van der Waals surface area contributed by atoms with Gasteiger partial charge < -0.3 is 10.6 Å². The second-order valence-electron chi connectivity index (χ2n) is 9.22. The Bertz CT molecular complexity index is 1460. The number of rotatable bonds is 2. The molecule has 6 nitrogen and oxygen atoms in total. The molecule has 1 saturated heterocycles. The van der Waals surface area contributed by atoms with Gasteiger partial charge in [-0.25, -0.2) is 9.97 Å². The van der Waals surface area contributed by atoms with Crippen LogP contribution < -0.4 is 10.6 Å². The number of halogens is 2. The summed E-state index contributed by atoms with van der Waals surface area (Å²) in [5.74, 6) is 0.670. The molecule has 0 bridgehead atoms. The molecule has 0 saturated carbocycles. The molecular formula is C26H22Cl2N6. The van der Waals surface area contributed by atoms with Crippen molar-refractivity contribution in [1.82, 2.24) is 14.4 Å². The molecule has 2 N–H and O–H groups in total. The van der Waals surface area contributed by atoms with Crippen LogP contribution in [0.4, 0.5) is 5.82 Å². The number of nitriles is 1. The summed E-state index contributed by atoms with van der Waals surface area (Å²) in [6, 6.07) is 16.3. The third kappa shape index (κ3) is 3.19. The van der Waals surface area contributed by atoms with Crippen molar-refractivity contribution < 1.29 is 0 Å². The molecule has 0 unspecified atom stereocenters. The fraction of sp³-hybridized carbons (Fsp3) is 0.269. The van der Waals surface area contributed by atoms with E-state index in [9.17, 15) is 5.26 Å². The minimum Gasteiger partial charge on any atom is -0.355 e. The van der Waals surface area contributed by atoms with E-state index in [0.717, 1.165) is 37.9 Å². The maximum atomic E-state index is 10.1. The molecule has 1 aliphatic heterocycles. The van der Waals surface area contributed by atoms with Gasteiger partial charge in [-0.05, 0) is 41.9 Å². The smallest absolute Gasteiger partial charge is 0.160 e. The number of hydrogen-bond donors (Lipinski definition) is 1. The van der Waals surface area contributed by atoms with E-state index >= 15 is 0 Å². The summed E-state index contributed by atoms with van der Waals surface area (Å²) < 4.78 is 1.77. The van der Waals surface area contributed by atoms with Crippen LogP contribution in [-0.4, -0.2) is 27.5 Å². The normalized spacial score (nSPS) is 18.9. The Labute approximate surface area is 207 Å². The average molecular weight is 489 g/mol. The van der Waals surface area contributed by atoms with E-state index in [-0.39, 0.29) is 11.5 Å². The van der Waals surface area contributed by atoms with Crippen molar-refractivity contribution in [3.05, 3.63) is 81.7 Å². The van der Waals surface area contributed by atoms with Gasteiger partial charge in [-0.2, -0.15) is 5.26 Å². The van der Waals surface area contributed by atoms with Gasteiger partial charge in [0.25, 0.3) is 0 Å². The highest BCUT2D eigenvalue weighted by atomic mass is 35.5. The molecular weight excluding hydrogens is 467 g/mol. The summed E-state index contributed by atoms with van der Waals surface area (Å²) in [5, 5.41) is 11.0. The molecule has 2 aliphatic rings. The van der Waals surface area contributed by atoms with Crippen molar-refractivity contribution in [1.29, 1.82) is 5.26 Å². The van der Waals surface area contributed by atoms with Crippen LogP contribution in [0.1, 0.15) is 35.6 Å². The second-order valence-corrected chi connectivity index (χ2v) is 10.0. The molecule has 1 aliphatic carbocycles. The van der Waals surface area contributed by atoms with Crippen LogP contribution in [0, 0.1) is 16.7 Å². The van der Waals surface area contributed by atoms with Crippen LogP contribution in [0.3, 0.4) is 0 Å². The molecule has 6 rings (SSSR count). The zero-order chi connectivity index (χ0) is 23.4. The highest BCUT2D eigenvalue weighted by Gasteiger charge is 2.46. The fourth-order valence-corrected chi connectivity index (χ4v) is 5.99. The Morgan fingerprint density at radius 3 is 2.65 bits per heavy atom. The van der Waals surface area contributed by atoms with Crippen molar-refractivity contribution in [2.45, 2.75) is 25.3 Å². The van der Waals surface area contributed by atoms with E-state index in [0.29, 0.717) is 32.8 Å². The lowest BCUT2D eigenvalue weighted by Crippen LogP contribution is -2.44. The van der Waals surface area contributed by atoms with Crippen molar-refractivity contribution in [2.24, 2.45) is 11.1 Å². The Kier molecular flexibility index (Phi) is 5.03. The summed E-state index contributed by atoms with van der Waals surface area (Å²) in [6.45, 7) is 1.60. The predicted octanol–water partition coefficient (Wildman–Crippen LogP) is 5.42. The number of imidazole rings is 1. The van der Waals surface area contributed by atoms with Crippen LogP contribution in [0.2, 0.25) is 10.0 Å². The first-order valence-corrected chi connectivity index (χ1v) is 12.1. The average Bonchev–Trinajstić information content (AvgIpc) is 3.40. The lowest BCUT2D eigenvalue weighted by atomic mass is 9.73. The Morgan fingerprint density at radius 1 is 1.09 bits per heavy atom. The van der Waals surface area contributed by atoms with Crippen molar-refractivity contribution in [2.75, 3.05) is 18.0 Å². The Balaban J connectivity index is 1.31. The Morgan fingerprint density at radius 2 is 1.88 bits per heavy atom. The van der Waals surface area contributed by atoms with Crippen molar-refractivity contribution >= 4 is 34.7 Å². The largest absolute Gasteiger partial charge is 0.355 e. The van der Waals surface area contributed by atoms with Crippen LogP contribution in [0.25, 0.3) is 16.9 Å². The zero-order valence-corrected chi connectivity index (χ0v) is 19.9. The molecule has 1 fully saturated rings. The van der Waals surface area contributed by atoms with Crippen molar-refractivity contribution in [3.8, 4) is 17.3 Å². The third-order valence-corrected chi connectivity index (χ3v) is 8.29. The minimum absolute atomic E-state index is 0.0500. The van der Waals surface area contributed by atoms with E-state index in [1.807, 2.05) is 18.3 Å². The van der Waals surface area contributed by atoms with E-state index in [4.69, 9.17) is 33.9 Å². The summed E-state index contributed by atoms with van der Waals surface area (Å²) in [7, 11) is 0. The number of benzene rings is 2. The molecule has 3 heterocycles. The zero-order valence-electron chi connectivity index (χ0n) is 18.4. The molecule has 0 radical (unpaired) electrons. The maximum absolute atomic E-state index is 10.1. The van der Waals surface area contributed by atoms with Gasteiger partial charge in [0, 0.05) is 30.9 Å². The first-order chi connectivity index (χ1) is 16.5. The van der Waals surface area contributed by atoms with E-state index in [1.54, 1.807) is 16.8 Å². The SMILES string of the molecule is N#Cc1c(N2CCC3(CC2)Cc2ccccc2[C@H]3N)ncn2cc(-c3cccc(Cl)c3Cl)nc12. The highest BCUT2D eigenvalue weighted by Crippen LogP contribution is 2.51. The molecule has 170 valence electrons. The molecule has 4 aromatic rings. The number of nitrogens with two attached hydrogens (primary N) is 1. The molecule has 2 aromatic heterocycles. The Hall–Kier alpha value is -3.11. The standard InChI is InChI=1S/C26H22Cl2N6/c27-20-7-3-6-18(22(20)28)21-14-34-15-31-24(19(13-29)25(34)32-21)33-10-8-26(9-11-33)12-16-4-1-2-5-17(16)23(26)30/h1-7,14-15,23H,8-12,30H2/t23-/m1/s1. The van der Waals surface area contributed by atoms with Crippen LogP contribution in [0.15, 0.2) is 55.0 Å². The summed E-state index contributed by atoms with van der Waals surface area (Å²) in [4.78, 5) is 11.6. The summed E-state index contributed by atoms with van der Waals surface area (Å²) >= 11 is 12.6. The van der Waals surface area contributed by atoms with Crippen LogP contribution >= 0.6 is 23.2 Å². The van der Waals surface area contributed by atoms with Crippen LogP contribution in [-0.2, 0) is 6.42 Å². The molecule has 34 heavy (non-hydrogen) atoms. The van der Waals surface area contributed by atoms with Gasteiger partial charge in [-0.3, -0.25) is 4.40 Å². The van der Waals surface area contributed by atoms with Gasteiger partial charge in [0.15, 0.2) is 11.5 Å². The van der Waals surface area contributed by atoms with Gasteiger partial charge >= 0.3 is 0 Å². The number of fused-ring (bicyclic) bond motifs is 2. The molecule has 0 amide bonds. The van der Waals surface area contributed by atoms with Gasteiger partial charge in [-0.15, -0.1) is 0 Å². The number of nitrogens with zero attached hydrogens (tertiary/aromatic N) is 5. The van der Waals surface area contributed by atoms with E-state index in [2.05, 4.69) is 40.2 Å². The van der Waals surface area contributed by atoms with Crippen LogP contribution in [0.5, 0.6) is 0 Å². The fourth-order valence-electron chi connectivity index (χ4n) is 5.59. The maximum Gasteiger partial charge on any atom is 0.160 e. The first-order valence-electron chi connectivity index (χ1n) is 11.3.